The van der Waals surface area contributed by atoms with Crippen molar-refractivity contribution in [3.63, 3.8) is 0 Å². The fourth-order valence-electron chi connectivity index (χ4n) is 3.30. The van der Waals surface area contributed by atoms with Gasteiger partial charge in [0.05, 0.1) is 5.41 Å². The van der Waals surface area contributed by atoms with Gasteiger partial charge in [-0.15, -0.1) is 11.8 Å². The largest absolute Gasteiger partial charge is 0.289 e. The number of amides is 1. The van der Waals surface area contributed by atoms with Gasteiger partial charge < -0.3 is 0 Å². The van der Waals surface area contributed by atoms with Crippen molar-refractivity contribution in [1.82, 2.24) is 5.48 Å². The molecule has 0 spiro atoms. The van der Waals surface area contributed by atoms with Crippen LogP contribution in [-0.2, 0) is 16.6 Å². The predicted octanol–water partition coefficient (Wildman–Crippen LogP) is 2.65. The Morgan fingerprint density at radius 1 is 1.33 bits per heavy atom. The van der Waals surface area contributed by atoms with Crippen molar-refractivity contribution in [2.75, 3.05) is 5.75 Å². The highest BCUT2D eigenvalue weighted by atomic mass is 32.2. The number of benzene rings is 1. The lowest BCUT2D eigenvalue weighted by Crippen LogP contribution is -2.41. The molecule has 0 bridgehead atoms. The summed E-state index contributed by atoms with van der Waals surface area (Å²) in [6.07, 6.45) is 4.89. The zero-order chi connectivity index (χ0) is 12.6. The second-order valence-corrected chi connectivity index (χ2v) is 6.23. The minimum Gasteiger partial charge on any atom is -0.289 e. The van der Waals surface area contributed by atoms with Crippen molar-refractivity contribution in [3.8, 4) is 0 Å². The second kappa shape index (κ2) is 4.59. The fourth-order valence-corrected chi connectivity index (χ4v) is 4.60. The quantitative estimate of drug-likeness (QED) is 0.637. The van der Waals surface area contributed by atoms with Gasteiger partial charge in [0.1, 0.15) is 0 Å². The number of hydroxylamine groups is 1. The third-order valence-corrected chi connectivity index (χ3v) is 5.40. The van der Waals surface area contributed by atoms with E-state index in [1.54, 1.807) is 0 Å². The fraction of sp³-hybridized carbons (Fsp3) is 0.500. The molecular formula is C14H17NO2S. The van der Waals surface area contributed by atoms with Gasteiger partial charge in [0.15, 0.2) is 0 Å². The zero-order valence-corrected chi connectivity index (χ0v) is 11.1. The Hall–Kier alpha value is -1.00. The Labute approximate surface area is 111 Å². The Morgan fingerprint density at radius 2 is 2.11 bits per heavy atom. The number of hydrogen-bond acceptors (Lipinski definition) is 3. The monoisotopic (exact) mass is 263 g/mol. The maximum atomic E-state index is 12.2. The Bertz CT molecular complexity index is 481. The molecule has 1 heterocycles. The number of rotatable bonds is 2. The summed E-state index contributed by atoms with van der Waals surface area (Å²) in [5, 5.41) is 9.06. The third kappa shape index (κ3) is 1.67. The molecule has 1 aliphatic carbocycles. The van der Waals surface area contributed by atoms with E-state index in [0.29, 0.717) is 0 Å². The topological polar surface area (TPSA) is 49.3 Å². The van der Waals surface area contributed by atoms with Crippen LogP contribution in [0.4, 0.5) is 0 Å². The summed E-state index contributed by atoms with van der Waals surface area (Å²) in [4.78, 5) is 13.4. The molecule has 0 radical (unpaired) electrons. The van der Waals surface area contributed by atoms with E-state index in [-0.39, 0.29) is 5.91 Å². The molecule has 18 heavy (non-hydrogen) atoms. The van der Waals surface area contributed by atoms with Crippen molar-refractivity contribution in [1.29, 1.82) is 0 Å². The molecule has 4 heteroatoms. The third-order valence-electron chi connectivity index (χ3n) is 4.22. The summed E-state index contributed by atoms with van der Waals surface area (Å²) in [5.74, 6) is 0.865. The van der Waals surface area contributed by atoms with Crippen LogP contribution in [0.25, 0.3) is 0 Å². The first-order chi connectivity index (χ1) is 8.78. The summed E-state index contributed by atoms with van der Waals surface area (Å²) in [6, 6.07) is 6.26. The highest BCUT2D eigenvalue weighted by Crippen LogP contribution is 2.47. The van der Waals surface area contributed by atoms with Gasteiger partial charge in [-0.05, 0) is 30.4 Å². The molecule has 96 valence electrons. The molecule has 2 aliphatic rings. The van der Waals surface area contributed by atoms with Crippen LogP contribution in [-0.4, -0.2) is 16.9 Å². The Kier molecular flexibility index (Phi) is 3.08. The van der Waals surface area contributed by atoms with E-state index < -0.39 is 5.41 Å². The summed E-state index contributed by atoms with van der Waals surface area (Å²) >= 11 is 1.85. The second-order valence-electron chi connectivity index (χ2n) is 5.12. The number of aryl methyl sites for hydroxylation is 1. The number of carbonyl (C=O) groups is 1. The standard InChI is InChI=1S/C14H17NO2S/c16-13(15-17)14(7-1-2-8-14)11-5-3-4-10-6-9-18-12(10)11/h3-5,17H,1-2,6-9H2,(H,15,16). The van der Waals surface area contributed by atoms with Crippen molar-refractivity contribution >= 4 is 17.7 Å². The average Bonchev–Trinajstić information content (AvgIpc) is 3.06. The average molecular weight is 263 g/mol. The Morgan fingerprint density at radius 3 is 2.83 bits per heavy atom. The van der Waals surface area contributed by atoms with Crippen LogP contribution in [0.5, 0.6) is 0 Å². The van der Waals surface area contributed by atoms with Crippen molar-refractivity contribution < 1.29 is 10.0 Å². The summed E-state index contributed by atoms with van der Waals surface area (Å²) in [5.41, 5.74) is 3.87. The number of hydrogen-bond donors (Lipinski definition) is 2. The van der Waals surface area contributed by atoms with Gasteiger partial charge in [-0.25, -0.2) is 5.48 Å². The van der Waals surface area contributed by atoms with Crippen LogP contribution < -0.4 is 5.48 Å². The molecule has 0 atom stereocenters. The maximum Gasteiger partial charge on any atom is 0.254 e. The normalized spacial score (nSPS) is 20.7. The van der Waals surface area contributed by atoms with Crippen LogP contribution in [0.2, 0.25) is 0 Å². The minimum absolute atomic E-state index is 0.235. The SMILES string of the molecule is O=C(NO)C1(c2cccc3c2SCC3)CCCC1. The first-order valence-corrected chi connectivity index (χ1v) is 7.46. The van der Waals surface area contributed by atoms with Crippen molar-refractivity contribution in [2.24, 2.45) is 0 Å². The lowest BCUT2D eigenvalue weighted by atomic mass is 9.77. The maximum absolute atomic E-state index is 12.2. The zero-order valence-electron chi connectivity index (χ0n) is 10.2. The van der Waals surface area contributed by atoms with Gasteiger partial charge >= 0.3 is 0 Å². The molecule has 0 aromatic heterocycles. The first-order valence-electron chi connectivity index (χ1n) is 6.48. The molecule has 2 N–H and O–H groups in total. The van der Waals surface area contributed by atoms with E-state index in [4.69, 9.17) is 5.21 Å². The molecule has 0 saturated heterocycles. The number of nitrogens with one attached hydrogen (secondary N) is 1. The number of thioether (sulfide) groups is 1. The van der Waals surface area contributed by atoms with Crippen LogP contribution >= 0.6 is 11.8 Å². The molecule has 1 aliphatic heterocycles. The lowest BCUT2D eigenvalue weighted by molar-refractivity contribution is -0.135. The van der Waals surface area contributed by atoms with E-state index in [1.165, 1.54) is 10.5 Å². The smallest absolute Gasteiger partial charge is 0.254 e. The van der Waals surface area contributed by atoms with E-state index in [9.17, 15) is 4.79 Å². The number of carbonyl (C=O) groups excluding carboxylic acids is 1. The summed E-state index contributed by atoms with van der Waals surface area (Å²) < 4.78 is 0. The molecule has 3 rings (SSSR count). The predicted molar refractivity (Wildman–Crippen MR) is 70.9 cm³/mol. The van der Waals surface area contributed by atoms with E-state index in [1.807, 2.05) is 23.3 Å². The number of fused-ring (bicyclic) bond motifs is 1. The van der Waals surface area contributed by atoms with Crippen LogP contribution in [0, 0.1) is 0 Å². The summed E-state index contributed by atoms with van der Waals surface area (Å²) in [7, 11) is 0. The molecule has 0 unspecified atom stereocenters. The van der Waals surface area contributed by atoms with Crippen LogP contribution in [0.1, 0.15) is 36.8 Å². The molecule has 1 aromatic rings. The molecule has 1 fully saturated rings. The van der Waals surface area contributed by atoms with E-state index >= 15 is 0 Å². The minimum atomic E-state index is -0.503. The molecular weight excluding hydrogens is 246 g/mol. The van der Waals surface area contributed by atoms with Gasteiger partial charge in [-0.1, -0.05) is 31.0 Å². The molecule has 1 aromatic carbocycles. The van der Waals surface area contributed by atoms with Gasteiger partial charge in [-0.3, -0.25) is 10.0 Å². The van der Waals surface area contributed by atoms with Gasteiger partial charge in [-0.2, -0.15) is 0 Å². The van der Waals surface area contributed by atoms with Gasteiger partial charge in [0, 0.05) is 10.6 Å². The van der Waals surface area contributed by atoms with Crippen molar-refractivity contribution in [2.45, 2.75) is 42.4 Å². The van der Waals surface area contributed by atoms with E-state index in [2.05, 4.69) is 12.1 Å². The highest BCUT2D eigenvalue weighted by Gasteiger charge is 2.44. The molecule has 1 amide bonds. The highest BCUT2D eigenvalue weighted by molar-refractivity contribution is 7.99. The van der Waals surface area contributed by atoms with E-state index in [0.717, 1.165) is 43.4 Å². The lowest BCUT2D eigenvalue weighted by Gasteiger charge is -2.28. The van der Waals surface area contributed by atoms with Crippen LogP contribution in [0.15, 0.2) is 23.1 Å². The van der Waals surface area contributed by atoms with Gasteiger partial charge in [0.25, 0.3) is 5.91 Å². The first kappa shape index (κ1) is 12.1. The summed E-state index contributed by atoms with van der Waals surface area (Å²) in [6.45, 7) is 0. The molecule has 1 saturated carbocycles. The van der Waals surface area contributed by atoms with Crippen molar-refractivity contribution in [3.05, 3.63) is 29.3 Å². The Balaban J connectivity index is 2.12. The molecule has 3 nitrogen and oxygen atoms in total. The van der Waals surface area contributed by atoms with Gasteiger partial charge in [0.2, 0.25) is 0 Å². The van der Waals surface area contributed by atoms with Crippen LogP contribution in [0.3, 0.4) is 0 Å².